The minimum absolute atomic E-state index is 0.0374. The van der Waals surface area contributed by atoms with Gasteiger partial charge in [-0.05, 0) is 40.8 Å². The van der Waals surface area contributed by atoms with Crippen LogP contribution in [0.3, 0.4) is 0 Å². The predicted octanol–water partition coefficient (Wildman–Crippen LogP) is 1.80. The van der Waals surface area contributed by atoms with E-state index >= 15 is 0 Å². The summed E-state index contributed by atoms with van der Waals surface area (Å²) in [5, 5.41) is 0. The van der Waals surface area contributed by atoms with Gasteiger partial charge in [-0.3, -0.25) is 0 Å². The second-order valence-corrected chi connectivity index (χ2v) is 5.90. The minimum Gasteiger partial charge on any atom is -0.398 e. The molecule has 66 valence electrons. The molecular weight excluding hydrogens is 312 g/mol. The van der Waals surface area contributed by atoms with Crippen molar-refractivity contribution < 1.29 is 8.42 Å². The summed E-state index contributed by atoms with van der Waals surface area (Å²) in [6.07, 6.45) is 0. The Balaban J connectivity index is 3.39. The number of hydrogen-bond acceptors (Lipinski definition) is 3. The fourth-order valence-corrected chi connectivity index (χ4v) is 2.25. The maximum atomic E-state index is 10.8. The summed E-state index contributed by atoms with van der Waals surface area (Å²) in [4.78, 5) is -0.0374. The van der Waals surface area contributed by atoms with E-state index in [1.54, 1.807) is 12.1 Å². The van der Waals surface area contributed by atoms with Crippen molar-refractivity contribution >= 4 is 48.0 Å². The Morgan fingerprint density at radius 3 is 2.42 bits per heavy atom. The Hall–Kier alpha value is -0.0100. The molecule has 0 amide bonds. The molecule has 0 saturated heterocycles. The monoisotopic (exact) mass is 317 g/mol. The van der Waals surface area contributed by atoms with E-state index in [0.717, 1.165) is 3.57 Å². The van der Waals surface area contributed by atoms with Gasteiger partial charge in [-0.1, -0.05) is 0 Å². The number of anilines is 1. The Morgan fingerprint density at radius 2 is 2.00 bits per heavy atom. The Kier molecular flexibility index (Phi) is 2.84. The van der Waals surface area contributed by atoms with Gasteiger partial charge in [0.05, 0.1) is 5.69 Å². The average molecular weight is 318 g/mol. The first kappa shape index (κ1) is 10.1. The van der Waals surface area contributed by atoms with Crippen molar-refractivity contribution in [3.8, 4) is 0 Å². The third kappa shape index (κ3) is 2.24. The summed E-state index contributed by atoms with van der Waals surface area (Å²) in [6, 6.07) is 4.57. The average Bonchev–Trinajstić information content (AvgIpc) is 1.83. The lowest BCUT2D eigenvalue weighted by Gasteiger charge is -2.00. The van der Waals surface area contributed by atoms with Gasteiger partial charge in [0, 0.05) is 14.3 Å². The van der Waals surface area contributed by atoms with Crippen molar-refractivity contribution in [1.29, 1.82) is 0 Å². The molecule has 6 heteroatoms. The van der Waals surface area contributed by atoms with Crippen LogP contribution in [0.5, 0.6) is 0 Å². The van der Waals surface area contributed by atoms with Crippen LogP contribution in [-0.4, -0.2) is 8.42 Å². The van der Waals surface area contributed by atoms with Crippen molar-refractivity contribution in [2.45, 2.75) is 4.90 Å². The SMILES string of the molecule is Nc1cc(I)ccc1S(=O)(=O)Cl. The molecule has 12 heavy (non-hydrogen) atoms. The Labute approximate surface area is 88.5 Å². The maximum absolute atomic E-state index is 10.8. The van der Waals surface area contributed by atoms with Gasteiger partial charge in [0.1, 0.15) is 4.90 Å². The lowest BCUT2D eigenvalue weighted by Crippen LogP contribution is -1.97. The third-order valence-electron chi connectivity index (χ3n) is 1.23. The lowest BCUT2D eigenvalue weighted by atomic mass is 10.3. The molecule has 0 bridgehead atoms. The van der Waals surface area contributed by atoms with E-state index in [9.17, 15) is 8.42 Å². The van der Waals surface area contributed by atoms with E-state index in [2.05, 4.69) is 0 Å². The highest BCUT2D eigenvalue weighted by atomic mass is 127. The molecule has 2 N–H and O–H groups in total. The maximum Gasteiger partial charge on any atom is 0.263 e. The first-order chi connectivity index (χ1) is 5.41. The second kappa shape index (κ2) is 3.39. The van der Waals surface area contributed by atoms with E-state index in [0.29, 0.717) is 0 Å². The van der Waals surface area contributed by atoms with Crippen LogP contribution in [0.1, 0.15) is 0 Å². The first-order valence-electron chi connectivity index (χ1n) is 2.91. The molecule has 0 aliphatic rings. The highest BCUT2D eigenvalue weighted by Crippen LogP contribution is 2.23. The van der Waals surface area contributed by atoms with Crippen molar-refractivity contribution in [2.24, 2.45) is 0 Å². The molecule has 0 saturated carbocycles. The summed E-state index contributed by atoms with van der Waals surface area (Å²) in [7, 11) is 1.40. The Morgan fingerprint density at radius 1 is 1.42 bits per heavy atom. The van der Waals surface area contributed by atoms with Crippen LogP contribution in [0.2, 0.25) is 0 Å². The fourth-order valence-electron chi connectivity index (χ4n) is 0.741. The van der Waals surface area contributed by atoms with Gasteiger partial charge in [0.25, 0.3) is 9.05 Å². The standard InChI is InChI=1S/C6H5ClINO2S/c7-12(10,11)6-2-1-4(8)3-5(6)9/h1-3H,9H2. The van der Waals surface area contributed by atoms with Crippen molar-refractivity contribution in [2.75, 3.05) is 5.73 Å². The van der Waals surface area contributed by atoms with E-state index in [4.69, 9.17) is 16.4 Å². The summed E-state index contributed by atoms with van der Waals surface area (Å²) in [6.45, 7) is 0. The number of nitrogen functional groups attached to an aromatic ring is 1. The van der Waals surface area contributed by atoms with E-state index < -0.39 is 9.05 Å². The topological polar surface area (TPSA) is 60.2 Å². The molecule has 0 radical (unpaired) electrons. The molecule has 0 fully saturated rings. The molecule has 0 aliphatic heterocycles. The molecule has 0 atom stereocenters. The van der Waals surface area contributed by atoms with Crippen LogP contribution in [0.25, 0.3) is 0 Å². The molecule has 1 rings (SSSR count). The summed E-state index contributed by atoms with van der Waals surface area (Å²) >= 11 is 2.03. The van der Waals surface area contributed by atoms with E-state index in [1.807, 2.05) is 22.6 Å². The number of halogens is 2. The molecule has 0 aromatic heterocycles. The number of hydrogen-bond donors (Lipinski definition) is 1. The third-order valence-corrected chi connectivity index (χ3v) is 3.30. The molecule has 1 aromatic rings. The van der Waals surface area contributed by atoms with Gasteiger partial charge in [-0.2, -0.15) is 0 Å². The molecule has 0 spiro atoms. The van der Waals surface area contributed by atoms with Crippen molar-refractivity contribution in [3.05, 3.63) is 21.8 Å². The van der Waals surface area contributed by atoms with E-state index in [-0.39, 0.29) is 10.6 Å². The normalized spacial score (nSPS) is 11.5. The lowest BCUT2D eigenvalue weighted by molar-refractivity contribution is 0.610. The van der Waals surface area contributed by atoms with Crippen LogP contribution in [0.15, 0.2) is 23.1 Å². The fraction of sp³-hybridized carbons (Fsp3) is 0. The van der Waals surface area contributed by atoms with Crippen molar-refractivity contribution in [3.63, 3.8) is 0 Å². The van der Waals surface area contributed by atoms with Crippen LogP contribution >= 0.6 is 33.3 Å². The molecule has 0 heterocycles. The van der Waals surface area contributed by atoms with E-state index in [1.165, 1.54) is 6.07 Å². The predicted molar refractivity (Wildman–Crippen MR) is 56.6 cm³/mol. The summed E-state index contributed by atoms with van der Waals surface area (Å²) < 4.78 is 22.6. The zero-order valence-corrected chi connectivity index (χ0v) is 9.52. The molecule has 0 aliphatic carbocycles. The van der Waals surface area contributed by atoms with Crippen LogP contribution < -0.4 is 5.73 Å². The minimum atomic E-state index is -3.71. The first-order valence-corrected chi connectivity index (χ1v) is 6.30. The highest BCUT2D eigenvalue weighted by molar-refractivity contribution is 14.1. The number of nitrogens with two attached hydrogens (primary N) is 1. The van der Waals surface area contributed by atoms with Gasteiger partial charge in [0.15, 0.2) is 0 Å². The zero-order valence-electron chi connectivity index (χ0n) is 5.79. The quantitative estimate of drug-likeness (QED) is 0.488. The van der Waals surface area contributed by atoms with Gasteiger partial charge >= 0.3 is 0 Å². The zero-order chi connectivity index (χ0) is 9.35. The van der Waals surface area contributed by atoms with Crippen LogP contribution in [0.4, 0.5) is 5.69 Å². The van der Waals surface area contributed by atoms with Crippen LogP contribution in [0, 0.1) is 3.57 Å². The Bertz CT molecular complexity index is 404. The molecule has 0 unspecified atom stereocenters. The summed E-state index contributed by atoms with van der Waals surface area (Å²) in [5.41, 5.74) is 5.62. The molecule has 3 nitrogen and oxygen atoms in total. The largest absolute Gasteiger partial charge is 0.398 e. The highest BCUT2D eigenvalue weighted by Gasteiger charge is 2.13. The summed E-state index contributed by atoms with van der Waals surface area (Å²) in [5.74, 6) is 0. The number of rotatable bonds is 1. The van der Waals surface area contributed by atoms with Crippen molar-refractivity contribution in [1.82, 2.24) is 0 Å². The molecular formula is C6H5ClINO2S. The molecule has 1 aromatic carbocycles. The second-order valence-electron chi connectivity index (χ2n) is 2.12. The van der Waals surface area contributed by atoms with Gasteiger partial charge < -0.3 is 5.73 Å². The smallest absolute Gasteiger partial charge is 0.263 e. The van der Waals surface area contributed by atoms with Gasteiger partial charge in [0.2, 0.25) is 0 Å². The number of benzene rings is 1. The van der Waals surface area contributed by atoms with Crippen LogP contribution in [-0.2, 0) is 9.05 Å². The van der Waals surface area contributed by atoms with Gasteiger partial charge in [-0.15, -0.1) is 0 Å². The van der Waals surface area contributed by atoms with Gasteiger partial charge in [-0.25, -0.2) is 8.42 Å².